The van der Waals surface area contributed by atoms with Gasteiger partial charge in [-0.2, -0.15) is 10.2 Å². The summed E-state index contributed by atoms with van der Waals surface area (Å²) in [5.41, 5.74) is 2.15. The van der Waals surface area contributed by atoms with Crippen LogP contribution in [0.25, 0.3) is 10.9 Å². The molecule has 1 aliphatic rings. The summed E-state index contributed by atoms with van der Waals surface area (Å²) in [6.07, 6.45) is 3.60. The van der Waals surface area contributed by atoms with E-state index in [1.165, 1.54) is 11.8 Å². The Morgan fingerprint density at radius 1 is 0.895 bits per heavy atom. The van der Waals surface area contributed by atoms with Crippen LogP contribution in [-0.2, 0) is 0 Å². The van der Waals surface area contributed by atoms with Gasteiger partial charge in [0.2, 0.25) is 5.95 Å². The maximum atomic E-state index is 13.2. The fourth-order valence-corrected chi connectivity index (χ4v) is 5.83. The number of nitrogens with zero attached hydrogens (tertiary/aromatic N) is 4. The van der Waals surface area contributed by atoms with Crippen molar-refractivity contribution in [3.8, 4) is 6.07 Å². The quantitative estimate of drug-likeness (QED) is 0.313. The zero-order valence-corrected chi connectivity index (χ0v) is 22.3. The van der Waals surface area contributed by atoms with E-state index >= 15 is 0 Å². The van der Waals surface area contributed by atoms with Crippen LogP contribution in [0.2, 0.25) is 0 Å². The van der Waals surface area contributed by atoms with Gasteiger partial charge in [-0.05, 0) is 62.1 Å². The molecular weight excluding hydrogens is 492 g/mol. The lowest BCUT2D eigenvalue weighted by Gasteiger charge is -2.30. The summed E-state index contributed by atoms with van der Waals surface area (Å²) in [5, 5.41) is 17.2. The molecule has 0 saturated heterocycles. The Kier molecular flexibility index (Phi) is 7.75. The fraction of sp³-hybridized carbons (Fsp3) is 0.267. The second-order valence-electron chi connectivity index (χ2n) is 9.65. The van der Waals surface area contributed by atoms with E-state index in [2.05, 4.69) is 16.7 Å². The Morgan fingerprint density at radius 3 is 2.32 bits per heavy atom. The first-order valence-corrected chi connectivity index (χ1v) is 13.6. The van der Waals surface area contributed by atoms with E-state index < -0.39 is 0 Å². The van der Waals surface area contributed by atoms with Crippen LogP contribution in [0.3, 0.4) is 0 Å². The number of aromatic nitrogens is 2. The minimum atomic E-state index is -0.0764. The van der Waals surface area contributed by atoms with Gasteiger partial charge in [0, 0.05) is 41.4 Å². The predicted octanol–water partition coefficient (Wildman–Crippen LogP) is 5.87. The van der Waals surface area contributed by atoms with Gasteiger partial charge in [-0.25, -0.2) is 4.98 Å². The Bertz CT molecular complexity index is 1490. The van der Waals surface area contributed by atoms with Crippen LogP contribution < -0.4 is 15.5 Å². The summed E-state index contributed by atoms with van der Waals surface area (Å²) in [5.74, 6) is 1.46. The smallest absolute Gasteiger partial charge is 0.252 e. The third-order valence-electron chi connectivity index (χ3n) is 6.76. The number of nitrogens with one attached hydrogen (secondary N) is 2. The van der Waals surface area contributed by atoms with E-state index in [-0.39, 0.29) is 18.0 Å². The summed E-state index contributed by atoms with van der Waals surface area (Å²) >= 11 is 1.45. The van der Waals surface area contributed by atoms with Crippen molar-refractivity contribution in [3.63, 3.8) is 0 Å². The molecule has 1 aliphatic carbocycles. The van der Waals surface area contributed by atoms with Crippen LogP contribution in [0.1, 0.15) is 41.6 Å². The molecule has 5 rings (SSSR count). The number of carbonyl (C=O) groups is 1. The molecule has 3 aromatic carbocycles. The molecule has 2 N–H and O–H groups in total. The molecule has 1 amide bonds. The van der Waals surface area contributed by atoms with Crippen molar-refractivity contribution in [2.45, 2.75) is 47.6 Å². The number of nitriles is 1. The lowest BCUT2D eigenvalue weighted by atomic mass is 9.91. The molecule has 0 unspecified atom stereocenters. The monoisotopic (exact) mass is 522 g/mol. The van der Waals surface area contributed by atoms with Crippen LogP contribution in [-0.4, -0.2) is 42.1 Å². The first-order valence-electron chi connectivity index (χ1n) is 12.8. The summed E-state index contributed by atoms with van der Waals surface area (Å²) in [6, 6.07) is 25.7. The van der Waals surface area contributed by atoms with Crippen molar-refractivity contribution < 1.29 is 4.79 Å². The SMILES string of the molecule is CN(C)c1nc(NC2CCC(NC(=O)c3ccccc3Sc3ccccc3C#N)CC2)nc2ccccc12. The standard InChI is InChI=1S/C30H30N6OS/c1-36(2)28-23-10-4-6-12-25(23)34-30(35-28)33-22-17-15-21(16-18-22)32-29(37)24-11-5-8-14-27(24)38-26-13-7-3-9-20(26)19-31/h3-14,21-22H,15-18H2,1-2H3,(H,32,37)(H,33,34,35). The normalized spacial score (nSPS) is 17.0. The molecule has 0 spiro atoms. The number of hydrogen-bond acceptors (Lipinski definition) is 7. The molecule has 4 aromatic rings. The zero-order valence-electron chi connectivity index (χ0n) is 21.5. The number of carbonyl (C=O) groups excluding carboxylic acids is 1. The average molecular weight is 523 g/mol. The number of rotatable bonds is 7. The summed E-state index contributed by atoms with van der Waals surface area (Å²) < 4.78 is 0. The minimum absolute atomic E-state index is 0.0764. The molecule has 0 radical (unpaired) electrons. The number of fused-ring (bicyclic) bond motifs is 1. The lowest BCUT2D eigenvalue weighted by Crippen LogP contribution is -2.40. The molecule has 0 aliphatic heterocycles. The van der Waals surface area contributed by atoms with Crippen molar-refractivity contribution >= 4 is 40.3 Å². The number of hydrogen-bond donors (Lipinski definition) is 2. The predicted molar refractivity (Wildman–Crippen MR) is 153 cm³/mol. The molecule has 0 bridgehead atoms. The van der Waals surface area contributed by atoms with Gasteiger partial charge in [-0.15, -0.1) is 0 Å². The van der Waals surface area contributed by atoms with Crippen LogP contribution in [0.4, 0.5) is 11.8 Å². The number of amides is 1. The largest absolute Gasteiger partial charge is 0.362 e. The van der Waals surface area contributed by atoms with Gasteiger partial charge in [0.25, 0.3) is 5.91 Å². The molecule has 7 nitrogen and oxygen atoms in total. The lowest BCUT2D eigenvalue weighted by molar-refractivity contribution is 0.0923. The Hall–Kier alpha value is -4.09. The molecule has 1 saturated carbocycles. The van der Waals surface area contributed by atoms with Crippen molar-refractivity contribution in [2.75, 3.05) is 24.3 Å². The van der Waals surface area contributed by atoms with Crippen molar-refractivity contribution in [2.24, 2.45) is 0 Å². The van der Waals surface area contributed by atoms with Crippen LogP contribution in [0, 0.1) is 11.3 Å². The van der Waals surface area contributed by atoms with E-state index in [1.54, 1.807) is 6.07 Å². The summed E-state index contributed by atoms with van der Waals surface area (Å²) in [4.78, 5) is 26.4. The first-order chi connectivity index (χ1) is 18.5. The number of benzene rings is 3. The van der Waals surface area contributed by atoms with E-state index in [4.69, 9.17) is 9.97 Å². The van der Waals surface area contributed by atoms with E-state index in [9.17, 15) is 10.1 Å². The van der Waals surface area contributed by atoms with E-state index in [0.29, 0.717) is 17.1 Å². The highest BCUT2D eigenvalue weighted by molar-refractivity contribution is 7.99. The van der Waals surface area contributed by atoms with E-state index in [0.717, 1.165) is 52.2 Å². The highest BCUT2D eigenvalue weighted by Crippen LogP contribution is 2.33. The van der Waals surface area contributed by atoms with Crippen LogP contribution in [0.15, 0.2) is 82.6 Å². The summed E-state index contributed by atoms with van der Waals surface area (Å²) in [6.45, 7) is 0. The molecule has 0 atom stereocenters. The molecule has 1 fully saturated rings. The van der Waals surface area contributed by atoms with Gasteiger partial charge in [-0.1, -0.05) is 48.2 Å². The van der Waals surface area contributed by atoms with Gasteiger partial charge in [0.05, 0.1) is 16.6 Å². The highest BCUT2D eigenvalue weighted by atomic mass is 32.2. The van der Waals surface area contributed by atoms with Gasteiger partial charge < -0.3 is 15.5 Å². The topological polar surface area (TPSA) is 93.9 Å². The second kappa shape index (κ2) is 11.5. The Labute approximate surface area is 227 Å². The third kappa shape index (κ3) is 5.74. The minimum Gasteiger partial charge on any atom is -0.362 e. The van der Waals surface area contributed by atoms with Crippen LogP contribution >= 0.6 is 11.8 Å². The molecule has 192 valence electrons. The Balaban J connectivity index is 1.21. The van der Waals surface area contributed by atoms with Crippen molar-refractivity contribution in [1.29, 1.82) is 5.26 Å². The molecule has 38 heavy (non-hydrogen) atoms. The van der Waals surface area contributed by atoms with Gasteiger partial charge in [0.15, 0.2) is 0 Å². The average Bonchev–Trinajstić information content (AvgIpc) is 2.94. The number of anilines is 2. The van der Waals surface area contributed by atoms with Crippen LogP contribution in [0.5, 0.6) is 0 Å². The van der Waals surface area contributed by atoms with E-state index in [1.807, 2.05) is 85.7 Å². The number of para-hydroxylation sites is 1. The zero-order chi connectivity index (χ0) is 26.5. The maximum Gasteiger partial charge on any atom is 0.252 e. The third-order valence-corrected chi connectivity index (χ3v) is 7.91. The maximum absolute atomic E-state index is 13.2. The highest BCUT2D eigenvalue weighted by Gasteiger charge is 2.25. The molecule has 8 heteroatoms. The van der Waals surface area contributed by atoms with Crippen molar-refractivity contribution in [1.82, 2.24) is 15.3 Å². The summed E-state index contributed by atoms with van der Waals surface area (Å²) in [7, 11) is 3.98. The molecule has 1 aromatic heterocycles. The van der Waals surface area contributed by atoms with Gasteiger partial charge >= 0.3 is 0 Å². The Morgan fingerprint density at radius 2 is 1.55 bits per heavy atom. The fourth-order valence-electron chi connectivity index (χ4n) is 4.80. The van der Waals surface area contributed by atoms with Gasteiger partial charge in [-0.3, -0.25) is 4.79 Å². The molecular formula is C30H30N6OS. The first kappa shape index (κ1) is 25.6. The molecule has 1 heterocycles. The van der Waals surface area contributed by atoms with Gasteiger partial charge in [0.1, 0.15) is 11.9 Å². The van der Waals surface area contributed by atoms with Crippen molar-refractivity contribution in [3.05, 3.63) is 83.9 Å². The second-order valence-corrected chi connectivity index (χ2v) is 10.7.